The highest BCUT2D eigenvalue weighted by Gasteiger charge is 2.40. The van der Waals surface area contributed by atoms with Gasteiger partial charge in [-0.2, -0.15) is 0 Å². The molecule has 0 aliphatic carbocycles. The topological polar surface area (TPSA) is 89.3 Å². The minimum absolute atomic E-state index is 0.0329. The highest BCUT2D eigenvalue weighted by molar-refractivity contribution is 7.92. The zero-order chi connectivity index (χ0) is 19.1. The standard InChI is InChI=1S/C17H18FN3O4S/c1-11-12(2)19-10-21(17(11)23)9-16(22)20-7-15(8-20)26(24,25)14-5-3-13(18)4-6-14/h3-6,10,15H,7-9H2,1-2H3. The Labute approximate surface area is 150 Å². The molecule has 0 bridgehead atoms. The number of nitrogens with zero attached hydrogens (tertiary/aromatic N) is 3. The molecule has 0 unspecified atom stereocenters. The van der Waals surface area contributed by atoms with Gasteiger partial charge in [0.2, 0.25) is 5.91 Å². The molecule has 1 aliphatic rings. The Balaban J connectivity index is 1.66. The molecular formula is C17H18FN3O4S. The van der Waals surface area contributed by atoms with Crippen LogP contribution in [0.1, 0.15) is 11.3 Å². The predicted molar refractivity (Wildman–Crippen MR) is 91.9 cm³/mol. The summed E-state index contributed by atoms with van der Waals surface area (Å²) in [4.78, 5) is 29.9. The van der Waals surface area contributed by atoms with E-state index in [2.05, 4.69) is 4.98 Å². The summed E-state index contributed by atoms with van der Waals surface area (Å²) >= 11 is 0. The van der Waals surface area contributed by atoms with Gasteiger partial charge in [0.15, 0.2) is 9.84 Å². The van der Waals surface area contributed by atoms with Crippen molar-refractivity contribution in [3.05, 3.63) is 58.0 Å². The molecule has 1 amide bonds. The summed E-state index contributed by atoms with van der Waals surface area (Å²) in [6.45, 7) is 3.26. The molecule has 1 aliphatic heterocycles. The monoisotopic (exact) mass is 379 g/mol. The third-order valence-corrected chi connectivity index (χ3v) is 6.71. The largest absolute Gasteiger partial charge is 0.338 e. The van der Waals surface area contributed by atoms with E-state index in [9.17, 15) is 22.4 Å². The lowest BCUT2D eigenvalue weighted by Gasteiger charge is -2.38. The van der Waals surface area contributed by atoms with Crippen LogP contribution in [0.15, 0.2) is 40.3 Å². The molecule has 26 heavy (non-hydrogen) atoms. The van der Waals surface area contributed by atoms with Crippen LogP contribution in [-0.2, 0) is 21.2 Å². The number of amides is 1. The van der Waals surface area contributed by atoms with E-state index < -0.39 is 20.9 Å². The van der Waals surface area contributed by atoms with E-state index in [1.165, 1.54) is 27.9 Å². The maximum atomic E-state index is 13.0. The maximum Gasteiger partial charge on any atom is 0.256 e. The molecule has 1 aromatic heterocycles. The molecular weight excluding hydrogens is 361 g/mol. The van der Waals surface area contributed by atoms with Gasteiger partial charge in [0, 0.05) is 24.3 Å². The molecule has 9 heteroatoms. The molecule has 1 aromatic carbocycles. The number of aryl methyl sites for hydroxylation is 1. The van der Waals surface area contributed by atoms with Crippen LogP contribution in [0.25, 0.3) is 0 Å². The first-order chi connectivity index (χ1) is 12.2. The molecule has 2 heterocycles. The van der Waals surface area contributed by atoms with Gasteiger partial charge >= 0.3 is 0 Å². The third kappa shape index (κ3) is 3.26. The first-order valence-corrected chi connectivity index (χ1v) is 9.54. The van der Waals surface area contributed by atoms with Gasteiger partial charge in [-0.05, 0) is 38.1 Å². The molecule has 0 atom stereocenters. The highest BCUT2D eigenvalue weighted by atomic mass is 32.2. The Morgan fingerprint density at radius 1 is 1.23 bits per heavy atom. The number of likely N-dealkylation sites (tertiary alicyclic amines) is 1. The lowest BCUT2D eigenvalue weighted by atomic mass is 10.2. The van der Waals surface area contributed by atoms with E-state index >= 15 is 0 Å². The molecule has 1 fully saturated rings. The van der Waals surface area contributed by atoms with E-state index in [-0.39, 0.29) is 36.0 Å². The zero-order valence-electron chi connectivity index (χ0n) is 14.3. The van der Waals surface area contributed by atoms with Crippen LogP contribution >= 0.6 is 0 Å². The van der Waals surface area contributed by atoms with E-state index in [1.54, 1.807) is 13.8 Å². The van der Waals surface area contributed by atoms with Crippen LogP contribution in [0.4, 0.5) is 4.39 Å². The Morgan fingerprint density at radius 2 is 1.85 bits per heavy atom. The van der Waals surface area contributed by atoms with Gasteiger partial charge in [-0.15, -0.1) is 0 Å². The normalized spacial score (nSPS) is 15.0. The number of sulfone groups is 1. The van der Waals surface area contributed by atoms with Crippen LogP contribution in [0.3, 0.4) is 0 Å². The minimum atomic E-state index is -3.62. The van der Waals surface area contributed by atoms with Crippen molar-refractivity contribution in [2.75, 3.05) is 13.1 Å². The van der Waals surface area contributed by atoms with Crippen LogP contribution in [0, 0.1) is 19.7 Å². The number of benzene rings is 1. The van der Waals surface area contributed by atoms with Gasteiger partial charge in [0.05, 0.1) is 11.2 Å². The van der Waals surface area contributed by atoms with Crippen molar-refractivity contribution >= 4 is 15.7 Å². The van der Waals surface area contributed by atoms with Gasteiger partial charge in [-0.25, -0.2) is 17.8 Å². The first kappa shape index (κ1) is 18.2. The van der Waals surface area contributed by atoms with Crippen molar-refractivity contribution in [1.29, 1.82) is 0 Å². The number of carbonyl (C=O) groups excluding carboxylic acids is 1. The van der Waals surface area contributed by atoms with E-state index in [4.69, 9.17) is 0 Å². The predicted octanol–water partition coefficient (Wildman–Crippen LogP) is 0.684. The summed E-state index contributed by atoms with van der Waals surface area (Å²) in [7, 11) is -3.62. The zero-order valence-corrected chi connectivity index (χ0v) is 15.2. The Hall–Kier alpha value is -2.55. The smallest absolute Gasteiger partial charge is 0.256 e. The number of rotatable bonds is 4. The van der Waals surface area contributed by atoms with Crippen molar-refractivity contribution in [1.82, 2.24) is 14.5 Å². The highest BCUT2D eigenvalue weighted by Crippen LogP contribution is 2.24. The molecule has 0 radical (unpaired) electrons. The lowest BCUT2D eigenvalue weighted by molar-refractivity contribution is -0.135. The summed E-state index contributed by atoms with van der Waals surface area (Å²) in [5, 5.41) is -0.730. The number of hydrogen-bond donors (Lipinski definition) is 0. The fraction of sp³-hybridized carbons (Fsp3) is 0.353. The molecule has 7 nitrogen and oxygen atoms in total. The number of halogens is 1. The average Bonchev–Trinajstić information content (AvgIpc) is 2.54. The lowest BCUT2D eigenvalue weighted by Crippen LogP contribution is -2.57. The first-order valence-electron chi connectivity index (χ1n) is 8.00. The van der Waals surface area contributed by atoms with Crippen molar-refractivity contribution in [3.8, 4) is 0 Å². The molecule has 0 spiro atoms. The summed E-state index contributed by atoms with van der Waals surface area (Å²) < 4.78 is 39.1. The Bertz CT molecular complexity index is 1010. The third-order valence-electron chi connectivity index (χ3n) is 4.60. The van der Waals surface area contributed by atoms with Crippen molar-refractivity contribution in [2.45, 2.75) is 30.5 Å². The second-order valence-corrected chi connectivity index (χ2v) is 8.54. The Morgan fingerprint density at radius 3 is 2.46 bits per heavy atom. The summed E-state index contributed by atoms with van der Waals surface area (Å²) in [5.74, 6) is -0.857. The molecule has 138 valence electrons. The molecule has 0 saturated carbocycles. The molecule has 0 N–H and O–H groups in total. The maximum absolute atomic E-state index is 13.0. The Kier molecular flexibility index (Phi) is 4.66. The van der Waals surface area contributed by atoms with Gasteiger partial charge in [-0.3, -0.25) is 14.2 Å². The van der Waals surface area contributed by atoms with Crippen LogP contribution < -0.4 is 5.56 Å². The summed E-state index contributed by atoms with van der Waals surface area (Å²) in [6.07, 6.45) is 1.31. The quantitative estimate of drug-likeness (QED) is 0.729. The van der Waals surface area contributed by atoms with E-state index in [1.807, 2.05) is 0 Å². The van der Waals surface area contributed by atoms with Gasteiger partial charge < -0.3 is 4.90 Å². The molecule has 2 aromatic rings. The summed E-state index contributed by atoms with van der Waals surface area (Å²) in [6, 6.07) is 4.62. The second-order valence-electron chi connectivity index (χ2n) is 6.31. The SMILES string of the molecule is Cc1ncn(CC(=O)N2CC(S(=O)(=O)c3ccc(F)cc3)C2)c(=O)c1C. The summed E-state index contributed by atoms with van der Waals surface area (Å²) in [5.41, 5.74) is 0.788. The van der Waals surface area contributed by atoms with E-state index in [0.717, 1.165) is 12.1 Å². The average molecular weight is 379 g/mol. The van der Waals surface area contributed by atoms with Crippen LogP contribution in [0.5, 0.6) is 0 Å². The van der Waals surface area contributed by atoms with E-state index in [0.29, 0.717) is 11.3 Å². The van der Waals surface area contributed by atoms with Crippen molar-refractivity contribution in [2.24, 2.45) is 0 Å². The van der Waals surface area contributed by atoms with Crippen LogP contribution in [-0.4, -0.2) is 47.1 Å². The van der Waals surface area contributed by atoms with Crippen molar-refractivity contribution in [3.63, 3.8) is 0 Å². The second kappa shape index (κ2) is 6.64. The van der Waals surface area contributed by atoms with Gasteiger partial charge in [0.25, 0.3) is 5.56 Å². The fourth-order valence-electron chi connectivity index (χ4n) is 2.69. The number of carbonyl (C=O) groups is 1. The molecule has 3 rings (SSSR count). The van der Waals surface area contributed by atoms with Crippen molar-refractivity contribution < 1.29 is 17.6 Å². The van der Waals surface area contributed by atoms with Crippen LogP contribution in [0.2, 0.25) is 0 Å². The molecule has 1 saturated heterocycles. The number of aromatic nitrogens is 2. The van der Waals surface area contributed by atoms with Gasteiger partial charge in [0.1, 0.15) is 17.6 Å². The fourth-order valence-corrected chi connectivity index (χ4v) is 4.34. The minimum Gasteiger partial charge on any atom is -0.338 e. The van der Waals surface area contributed by atoms with Gasteiger partial charge in [-0.1, -0.05) is 0 Å². The number of hydrogen-bond acceptors (Lipinski definition) is 5.